The maximum atomic E-state index is 14.3. The topological polar surface area (TPSA) is 80.0 Å². The van der Waals surface area contributed by atoms with Crippen LogP contribution in [0.3, 0.4) is 0 Å². The van der Waals surface area contributed by atoms with E-state index in [9.17, 15) is 8.78 Å². The van der Waals surface area contributed by atoms with Crippen LogP contribution in [0.25, 0.3) is 0 Å². The van der Waals surface area contributed by atoms with Gasteiger partial charge >= 0.3 is 0 Å². The summed E-state index contributed by atoms with van der Waals surface area (Å²) in [6.45, 7) is 0. The second kappa shape index (κ2) is 5.49. The molecule has 1 spiro atoms. The van der Waals surface area contributed by atoms with E-state index in [0.29, 0.717) is 12.8 Å². The first-order valence-corrected chi connectivity index (χ1v) is 7.86. The van der Waals surface area contributed by atoms with Crippen LogP contribution < -0.4 is 16.4 Å². The average Bonchev–Trinajstić information content (AvgIpc) is 2.44. The van der Waals surface area contributed by atoms with Crippen molar-refractivity contribution in [2.75, 3.05) is 4.90 Å². The number of hydrogen-bond donors (Lipinski definition) is 2. The van der Waals surface area contributed by atoms with Crippen LogP contribution >= 0.6 is 15.9 Å². The van der Waals surface area contributed by atoms with Gasteiger partial charge in [-0.15, -0.1) is 0 Å². The normalized spacial score (nSPS) is 20.8. The van der Waals surface area contributed by atoms with Crippen molar-refractivity contribution in [2.45, 2.75) is 37.8 Å². The van der Waals surface area contributed by atoms with Gasteiger partial charge in [0.2, 0.25) is 11.9 Å². The van der Waals surface area contributed by atoms with Gasteiger partial charge in [0.05, 0.1) is 10.2 Å². The third kappa shape index (κ3) is 2.45. The zero-order chi connectivity index (χ0) is 15.9. The molecule has 5 nitrogen and oxygen atoms in total. The quantitative estimate of drug-likeness (QED) is 0.744. The minimum absolute atomic E-state index is 0.0757. The summed E-state index contributed by atoms with van der Waals surface area (Å²) in [6, 6.07) is 2.19. The molecule has 3 rings (SSSR count). The fourth-order valence-electron chi connectivity index (χ4n) is 3.15. The summed E-state index contributed by atoms with van der Waals surface area (Å²) in [7, 11) is 0. The number of benzene rings is 1. The fourth-order valence-corrected chi connectivity index (χ4v) is 3.48. The van der Waals surface area contributed by atoms with Crippen molar-refractivity contribution in [3.63, 3.8) is 0 Å². The highest BCUT2D eigenvalue weighted by molar-refractivity contribution is 9.10. The summed E-state index contributed by atoms with van der Waals surface area (Å²) in [5.74, 6) is -1.21. The molecule has 2 aliphatic rings. The lowest BCUT2D eigenvalue weighted by atomic mass is 9.87. The molecule has 1 saturated carbocycles. The molecule has 22 heavy (non-hydrogen) atoms. The van der Waals surface area contributed by atoms with E-state index in [1.165, 1.54) is 6.07 Å². The predicted molar refractivity (Wildman–Crippen MR) is 85.6 cm³/mol. The lowest BCUT2D eigenvalue weighted by molar-refractivity contribution is 0.303. The maximum absolute atomic E-state index is 14.3. The van der Waals surface area contributed by atoms with Gasteiger partial charge in [0.1, 0.15) is 17.3 Å². The molecule has 0 bridgehead atoms. The first-order valence-electron chi connectivity index (χ1n) is 7.07. The van der Waals surface area contributed by atoms with E-state index in [2.05, 4.69) is 25.9 Å². The van der Waals surface area contributed by atoms with Crippen LogP contribution in [0.15, 0.2) is 26.6 Å². The molecular weight excluding hydrogens is 356 g/mol. The molecule has 1 aliphatic carbocycles. The Morgan fingerprint density at radius 1 is 1.09 bits per heavy atom. The minimum atomic E-state index is -0.744. The molecule has 1 aliphatic heterocycles. The van der Waals surface area contributed by atoms with Gasteiger partial charge in [-0.2, -0.15) is 4.99 Å². The van der Waals surface area contributed by atoms with Gasteiger partial charge in [-0.25, -0.2) is 13.8 Å². The third-order valence-corrected chi connectivity index (χ3v) is 4.69. The van der Waals surface area contributed by atoms with Crippen LogP contribution in [-0.2, 0) is 0 Å². The van der Waals surface area contributed by atoms with Crippen molar-refractivity contribution in [3.8, 4) is 0 Å². The van der Waals surface area contributed by atoms with Crippen LogP contribution in [0, 0.1) is 11.6 Å². The number of nitrogens with two attached hydrogens (primary N) is 2. The van der Waals surface area contributed by atoms with Crippen molar-refractivity contribution in [3.05, 3.63) is 28.2 Å². The molecule has 0 atom stereocenters. The van der Waals surface area contributed by atoms with Gasteiger partial charge in [0, 0.05) is 6.07 Å². The van der Waals surface area contributed by atoms with Crippen LogP contribution in [-0.4, -0.2) is 17.6 Å². The molecule has 1 aromatic rings. The number of halogens is 3. The Balaban J connectivity index is 2.14. The van der Waals surface area contributed by atoms with E-state index in [4.69, 9.17) is 11.5 Å². The van der Waals surface area contributed by atoms with Gasteiger partial charge in [-0.1, -0.05) is 6.42 Å². The van der Waals surface area contributed by atoms with Crippen LogP contribution in [0.1, 0.15) is 32.1 Å². The average molecular weight is 372 g/mol. The number of nitrogens with zero attached hydrogens (tertiary/aromatic N) is 3. The molecular formula is C14H16BrF2N5. The highest BCUT2D eigenvalue weighted by Crippen LogP contribution is 2.41. The third-order valence-electron chi connectivity index (χ3n) is 4.08. The Bertz CT molecular complexity index is 667. The zero-order valence-electron chi connectivity index (χ0n) is 11.8. The Hall–Kier alpha value is -1.70. The molecule has 118 valence electrons. The first kappa shape index (κ1) is 15.2. The molecule has 1 aromatic carbocycles. The molecule has 8 heteroatoms. The van der Waals surface area contributed by atoms with Crippen molar-refractivity contribution >= 4 is 33.5 Å². The van der Waals surface area contributed by atoms with Gasteiger partial charge in [0.15, 0.2) is 0 Å². The van der Waals surface area contributed by atoms with E-state index in [1.54, 1.807) is 4.90 Å². The Kier molecular flexibility index (Phi) is 3.80. The maximum Gasteiger partial charge on any atom is 0.220 e. The summed E-state index contributed by atoms with van der Waals surface area (Å²) < 4.78 is 28.0. The van der Waals surface area contributed by atoms with Gasteiger partial charge in [-0.05, 0) is 47.7 Å². The van der Waals surface area contributed by atoms with Gasteiger partial charge in [-0.3, -0.25) is 4.90 Å². The Morgan fingerprint density at radius 3 is 2.45 bits per heavy atom. The van der Waals surface area contributed by atoms with Gasteiger partial charge < -0.3 is 11.5 Å². The minimum Gasteiger partial charge on any atom is -0.369 e. The summed E-state index contributed by atoms with van der Waals surface area (Å²) in [4.78, 5) is 9.95. The summed E-state index contributed by atoms with van der Waals surface area (Å²) in [6.07, 6.45) is 4.34. The zero-order valence-corrected chi connectivity index (χ0v) is 13.4. The molecule has 0 radical (unpaired) electrons. The lowest BCUT2D eigenvalue weighted by Crippen LogP contribution is -2.58. The number of hydrogen-bond acceptors (Lipinski definition) is 5. The van der Waals surface area contributed by atoms with Crippen molar-refractivity contribution in [1.82, 2.24) is 0 Å². The largest absolute Gasteiger partial charge is 0.369 e. The first-order chi connectivity index (χ1) is 10.4. The van der Waals surface area contributed by atoms with E-state index in [0.717, 1.165) is 25.3 Å². The lowest BCUT2D eigenvalue weighted by Gasteiger charge is -2.45. The SMILES string of the molecule is NC1=NC2(CCCCC2)N(c2cc(Br)c(F)cc2F)C(N)=N1. The molecule has 0 amide bonds. The summed E-state index contributed by atoms with van der Waals surface area (Å²) in [5, 5.41) is 0. The number of rotatable bonds is 1. The molecule has 1 heterocycles. The standard InChI is InChI=1S/C14H16BrF2N5/c15-8-6-11(10(17)7-9(8)16)22-13(19)20-12(18)21-14(22)4-2-1-3-5-14/h6-7H,1-5H2,(H4,18,19,20,21). The van der Waals surface area contributed by atoms with Crippen molar-refractivity contribution in [1.29, 1.82) is 0 Å². The van der Waals surface area contributed by atoms with Crippen LogP contribution in [0.2, 0.25) is 0 Å². The highest BCUT2D eigenvalue weighted by atomic mass is 79.9. The molecule has 0 saturated heterocycles. The second-order valence-electron chi connectivity index (χ2n) is 5.54. The van der Waals surface area contributed by atoms with Crippen LogP contribution in [0.5, 0.6) is 0 Å². The van der Waals surface area contributed by atoms with Crippen molar-refractivity contribution < 1.29 is 8.78 Å². The van der Waals surface area contributed by atoms with Crippen molar-refractivity contribution in [2.24, 2.45) is 21.5 Å². The van der Waals surface area contributed by atoms with E-state index < -0.39 is 17.3 Å². The number of guanidine groups is 2. The summed E-state index contributed by atoms with van der Waals surface area (Å²) >= 11 is 3.08. The van der Waals surface area contributed by atoms with E-state index >= 15 is 0 Å². The fraction of sp³-hybridized carbons (Fsp3) is 0.429. The van der Waals surface area contributed by atoms with Crippen LogP contribution in [0.4, 0.5) is 14.5 Å². The molecule has 0 aromatic heterocycles. The number of anilines is 1. The Labute approximate surface area is 135 Å². The smallest absolute Gasteiger partial charge is 0.220 e. The summed E-state index contributed by atoms with van der Waals surface area (Å²) in [5.41, 5.74) is 11.2. The highest BCUT2D eigenvalue weighted by Gasteiger charge is 2.43. The predicted octanol–water partition coefficient (Wildman–Crippen LogP) is 2.84. The second-order valence-corrected chi connectivity index (χ2v) is 6.39. The number of aliphatic imine (C=N–C) groups is 2. The van der Waals surface area contributed by atoms with Gasteiger partial charge in [0.25, 0.3) is 0 Å². The monoisotopic (exact) mass is 371 g/mol. The molecule has 1 fully saturated rings. The van der Waals surface area contributed by atoms with E-state index in [-0.39, 0.29) is 22.1 Å². The molecule has 4 N–H and O–H groups in total. The van der Waals surface area contributed by atoms with E-state index in [1.807, 2.05) is 0 Å². The molecule has 0 unspecified atom stereocenters. The Morgan fingerprint density at radius 2 is 1.77 bits per heavy atom.